The van der Waals surface area contributed by atoms with E-state index in [-0.39, 0.29) is 22.3 Å². The fraction of sp³-hybridized carbons (Fsp3) is 0.0667. The molecule has 22 heavy (non-hydrogen) atoms. The van der Waals surface area contributed by atoms with Gasteiger partial charge in [0.15, 0.2) is 0 Å². The summed E-state index contributed by atoms with van der Waals surface area (Å²) >= 11 is 0. The van der Waals surface area contributed by atoms with E-state index in [1.54, 1.807) is 18.2 Å². The molecule has 0 fully saturated rings. The average Bonchev–Trinajstić information content (AvgIpc) is 2.48. The lowest BCUT2D eigenvalue weighted by Gasteiger charge is -2.05. The zero-order valence-corrected chi connectivity index (χ0v) is 11.5. The molecule has 0 amide bonds. The molecule has 0 aliphatic rings. The molecule has 7 nitrogen and oxygen atoms in total. The molecule has 0 N–H and O–H groups in total. The normalized spacial score (nSPS) is 10.8. The van der Waals surface area contributed by atoms with E-state index in [1.807, 2.05) is 6.92 Å². The summed E-state index contributed by atoms with van der Waals surface area (Å²) in [6, 6.07) is 10.1. The van der Waals surface area contributed by atoms with Crippen LogP contribution in [0.4, 0.5) is 5.69 Å². The molecular formula is C15H10N2O5. The summed E-state index contributed by atoms with van der Waals surface area (Å²) in [6.45, 7) is 1.81. The second-order valence-corrected chi connectivity index (χ2v) is 4.79. The Morgan fingerprint density at radius 1 is 1.14 bits per heavy atom. The summed E-state index contributed by atoms with van der Waals surface area (Å²) in [4.78, 5) is 34.8. The number of hydrogen-bond acceptors (Lipinski definition) is 5. The van der Waals surface area contributed by atoms with Crippen LogP contribution in [0.2, 0.25) is 0 Å². The lowest BCUT2D eigenvalue weighted by atomic mass is 10.2. The van der Waals surface area contributed by atoms with Gasteiger partial charge in [-0.3, -0.25) is 14.9 Å². The second kappa shape index (κ2) is 4.96. The van der Waals surface area contributed by atoms with Gasteiger partial charge >= 0.3 is 5.76 Å². The molecule has 2 aromatic carbocycles. The van der Waals surface area contributed by atoms with Crippen LogP contribution in [0.15, 0.2) is 56.5 Å². The van der Waals surface area contributed by atoms with Gasteiger partial charge in [0.25, 0.3) is 11.2 Å². The Bertz CT molecular complexity index is 1020. The van der Waals surface area contributed by atoms with Gasteiger partial charge in [0.2, 0.25) is 0 Å². The molecule has 0 radical (unpaired) electrons. The monoisotopic (exact) mass is 298 g/mol. The van der Waals surface area contributed by atoms with Crippen molar-refractivity contribution in [3.63, 3.8) is 0 Å². The minimum Gasteiger partial charge on any atom is -0.409 e. The molecular weight excluding hydrogens is 288 g/mol. The van der Waals surface area contributed by atoms with Crippen molar-refractivity contribution in [1.82, 2.24) is 4.57 Å². The third-order valence-corrected chi connectivity index (χ3v) is 3.25. The van der Waals surface area contributed by atoms with Gasteiger partial charge in [-0.2, -0.15) is 0 Å². The molecule has 7 heteroatoms. The van der Waals surface area contributed by atoms with Crippen molar-refractivity contribution in [2.75, 3.05) is 0 Å². The van der Waals surface area contributed by atoms with Crippen LogP contribution in [0.25, 0.3) is 16.7 Å². The van der Waals surface area contributed by atoms with E-state index in [0.717, 1.165) is 16.2 Å². The molecule has 110 valence electrons. The lowest BCUT2D eigenvalue weighted by molar-refractivity contribution is -0.384. The first-order valence-electron chi connectivity index (χ1n) is 6.39. The van der Waals surface area contributed by atoms with Crippen LogP contribution in [-0.4, -0.2) is 9.49 Å². The maximum atomic E-state index is 12.5. The quantitative estimate of drug-likeness (QED) is 0.533. The van der Waals surface area contributed by atoms with Gasteiger partial charge in [-0.05, 0) is 25.1 Å². The van der Waals surface area contributed by atoms with Crippen molar-refractivity contribution in [1.29, 1.82) is 0 Å². The molecule has 3 aromatic rings. The van der Waals surface area contributed by atoms with Gasteiger partial charge in [0.1, 0.15) is 5.58 Å². The number of nitro benzene ring substituents is 1. The zero-order valence-electron chi connectivity index (χ0n) is 11.5. The Kier molecular flexibility index (Phi) is 3.10. The minimum atomic E-state index is -0.887. The maximum Gasteiger partial charge on any atom is 0.426 e. The zero-order chi connectivity index (χ0) is 15.9. The highest BCUT2D eigenvalue weighted by Gasteiger charge is 2.14. The van der Waals surface area contributed by atoms with Crippen molar-refractivity contribution in [2.24, 2.45) is 0 Å². The molecule has 0 aliphatic carbocycles. The van der Waals surface area contributed by atoms with Crippen molar-refractivity contribution in [3.05, 3.63) is 79.0 Å². The van der Waals surface area contributed by atoms with Crippen molar-refractivity contribution in [2.45, 2.75) is 6.92 Å². The number of hydrogen-bond donors (Lipinski definition) is 0. The molecule has 3 rings (SSSR count). The largest absolute Gasteiger partial charge is 0.426 e. The maximum absolute atomic E-state index is 12.5. The predicted octanol–water partition coefficient (Wildman–Crippen LogP) is 2.16. The number of benzene rings is 2. The minimum absolute atomic E-state index is 0.0938. The van der Waals surface area contributed by atoms with E-state index >= 15 is 0 Å². The van der Waals surface area contributed by atoms with E-state index < -0.39 is 16.2 Å². The highest BCUT2D eigenvalue weighted by atomic mass is 16.6. The molecule has 0 saturated carbocycles. The summed E-state index contributed by atoms with van der Waals surface area (Å²) in [5.41, 5.74) is 0.325. The topological polar surface area (TPSA) is 95.3 Å². The number of rotatable bonds is 2. The highest BCUT2D eigenvalue weighted by molar-refractivity contribution is 5.76. The Morgan fingerprint density at radius 2 is 1.91 bits per heavy atom. The van der Waals surface area contributed by atoms with Crippen LogP contribution in [0, 0.1) is 17.0 Å². The van der Waals surface area contributed by atoms with Gasteiger partial charge in [-0.15, -0.1) is 0 Å². The number of nitrogens with zero attached hydrogens (tertiary/aromatic N) is 2. The number of fused-ring (bicyclic) bond motifs is 1. The summed E-state index contributed by atoms with van der Waals surface area (Å²) < 4.78 is 5.91. The highest BCUT2D eigenvalue weighted by Crippen LogP contribution is 2.16. The standard InChI is InChI=1S/C15H10N2O5/c1-9-5-6-13-12(7-9)14(18)16(15(19)22-13)10-3-2-4-11(8-10)17(20)21/h2-8H,1H3. The van der Waals surface area contributed by atoms with E-state index in [9.17, 15) is 19.7 Å². The predicted molar refractivity (Wildman–Crippen MR) is 79.5 cm³/mol. The first-order chi connectivity index (χ1) is 10.5. The summed E-state index contributed by atoms with van der Waals surface area (Å²) in [5.74, 6) is -0.887. The van der Waals surface area contributed by atoms with Crippen molar-refractivity contribution in [3.8, 4) is 5.69 Å². The summed E-state index contributed by atoms with van der Waals surface area (Å²) in [5, 5.41) is 11.1. The summed E-state index contributed by atoms with van der Waals surface area (Å²) in [7, 11) is 0. The molecule has 0 bridgehead atoms. The van der Waals surface area contributed by atoms with Crippen LogP contribution >= 0.6 is 0 Å². The number of aryl methyl sites for hydroxylation is 1. The molecule has 0 atom stereocenters. The van der Waals surface area contributed by atoms with Crippen LogP contribution < -0.4 is 11.3 Å². The SMILES string of the molecule is Cc1ccc2oc(=O)n(-c3cccc([N+](=O)[O-])c3)c(=O)c2c1. The molecule has 0 unspecified atom stereocenters. The van der Waals surface area contributed by atoms with Crippen molar-refractivity contribution < 1.29 is 9.34 Å². The number of nitro groups is 1. The fourth-order valence-electron chi connectivity index (χ4n) is 2.21. The Labute approximate surface area is 123 Å². The van der Waals surface area contributed by atoms with Gasteiger partial charge in [0.05, 0.1) is 16.0 Å². The third kappa shape index (κ3) is 2.18. The smallest absolute Gasteiger partial charge is 0.409 e. The van der Waals surface area contributed by atoms with E-state index in [4.69, 9.17) is 4.42 Å². The van der Waals surface area contributed by atoms with Gasteiger partial charge in [-0.1, -0.05) is 17.7 Å². The average molecular weight is 298 g/mol. The Morgan fingerprint density at radius 3 is 2.64 bits per heavy atom. The molecule has 0 spiro atoms. The van der Waals surface area contributed by atoms with Crippen LogP contribution in [0.3, 0.4) is 0 Å². The van der Waals surface area contributed by atoms with Gasteiger partial charge < -0.3 is 4.42 Å². The summed E-state index contributed by atoms with van der Waals surface area (Å²) in [6.07, 6.45) is 0. The van der Waals surface area contributed by atoms with Gasteiger partial charge in [-0.25, -0.2) is 9.36 Å². The Hall–Kier alpha value is -3.22. The molecule has 0 saturated heterocycles. The van der Waals surface area contributed by atoms with Crippen LogP contribution in [-0.2, 0) is 0 Å². The first-order valence-corrected chi connectivity index (χ1v) is 6.39. The van der Waals surface area contributed by atoms with Crippen molar-refractivity contribution >= 4 is 16.7 Å². The van der Waals surface area contributed by atoms with E-state index in [2.05, 4.69) is 0 Å². The fourth-order valence-corrected chi connectivity index (χ4v) is 2.21. The van der Waals surface area contributed by atoms with Gasteiger partial charge in [0, 0.05) is 12.1 Å². The Balaban J connectivity index is 2.36. The second-order valence-electron chi connectivity index (χ2n) is 4.79. The van der Waals surface area contributed by atoms with E-state index in [1.165, 1.54) is 18.2 Å². The van der Waals surface area contributed by atoms with E-state index in [0.29, 0.717) is 0 Å². The van der Waals surface area contributed by atoms with Crippen LogP contribution in [0.5, 0.6) is 0 Å². The number of non-ortho nitro benzene ring substituents is 1. The first kappa shape index (κ1) is 13.7. The molecule has 1 aromatic heterocycles. The van der Waals surface area contributed by atoms with Crippen LogP contribution in [0.1, 0.15) is 5.56 Å². The third-order valence-electron chi connectivity index (χ3n) is 3.25. The molecule has 0 aliphatic heterocycles. The lowest BCUT2D eigenvalue weighted by Crippen LogP contribution is -2.31. The molecule has 1 heterocycles. The number of aromatic nitrogens is 1.